The van der Waals surface area contributed by atoms with E-state index in [1.54, 1.807) is 0 Å². The van der Waals surface area contributed by atoms with Crippen molar-refractivity contribution in [1.29, 1.82) is 0 Å². The molecule has 1 aromatic carbocycles. The first-order valence-corrected chi connectivity index (χ1v) is 7.74. The van der Waals surface area contributed by atoms with Gasteiger partial charge in [-0.2, -0.15) is 5.10 Å². The molecule has 128 valence electrons. The number of nitro groups is 1. The molecule has 3 rings (SSSR count). The molecule has 3 aromatic rings. The highest BCUT2D eigenvalue weighted by molar-refractivity contribution is 5.72. The fourth-order valence-electron chi connectivity index (χ4n) is 2.63. The lowest BCUT2D eigenvalue weighted by molar-refractivity contribution is -0.384. The molecule has 0 saturated heterocycles. The van der Waals surface area contributed by atoms with Crippen LogP contribution in [0.15, 0.2) is 30.6 Å². The van der Waals surface area contributed by atoms with E-state index in [9.17, 15) is 10.1 Å². The molecule has 0 aliphatic carbocycles. The van der Waals surface area contributed by atoms with Gasteiger partial charge in [-0.25, -0.2) is 14.6 Å². The van der Waals surface area contributed by atoms with Crippen molar-refractivity contribution in [3.05, 3.63) is 63.2 Å². The molecule has 0 aliphatic rings. The van der Waals surface area contributed by atoms with Gasteiger partial charge in [-0.05, 0) is 51.0 Å². The second-order valence-electron chi connectivity index (χ2n) is 5.93. The Labute approximate surface area is 144 Å². The van der Waals surface area contributed by atoms with E-state index >= 15 is 0 Å². The summed E-state index contributed by atoms with van der Waals surface area (Å²) in [5.74, 6) is 0.273. The van der Waals surface area contributed by atoms with Gasteiger partial charge in [-0.1, -0.05) is 12.1 Å². The lowest BCUT2D eigenvalue weighted by Crippen LogP contribution is -2.10. The van der Waals surface area contributed by atoms with Crippen LogP contribution in [0.25, 0.3) is 5.82 Å². The fraction of sp³-hybridized carbons (Fsp3) is 0.235. The van der Waals surface area contributed by atoms with E-state index in [2.05, 4.69) is 20.4 Å². The Morgan fingerprint density at radius 1 is 1.12 bits per heavy atom. The first-order valence-electron chi connectivity index (χ1n) is 7.74. The van der Waals surface area contributed by atoms with E-state index in [-0.39, 0.29) is 17.3 Å². The van der Waals surface area contributed by atoms with Crippen molar-refractivity contribution in [3.63, 3.8) is 0 Å². The maximum Gasteiger partial charge on any atom is 0.355 e. The standard InChI is InChI=1S/C17H18N6O2/c1-10-5-6-11(2)14(7-10)20-16-15(23(24)25)17(19-9-18-16)22-13(4)8-12(3)21-22/h5-9H,1-4H3,(H,18,19,20). The topological polar surface area (TPSA) is 98.8 Å². The number of aryl methyl sites for hydroxylation is 4. The van der Waals surface area contributed by atoms with Gasteiger partial charge in [0.2, 0.25) is 11.6 Å². The minimum atomic E-state index is -0.487. The Kier molecular flexibility index (Phi) is 4.18. The molecule has 0 bridgehead atoms. The third-order valence-electron chi connectivity index (χ3n) is 3.84. The minimum Gasteiger partial charge on any atom is -0.334 e. The highest BCUT2D eigenvalue weighted by atomic mass is 16.6. The van der Waals surface area contributed by atoms with Crippen molar-refractivity contribution in [2.45, 2.75) is 27.7 Å². The Bertz CT molecular complexity index is 964. The molecule has 0 aliphatic heterocycles. The van der Waals surface area contributed by atoms with E-state index in [0.29, 0.717) is 0 Å². The highest BCUT2D eigenvalue weighted by Crippen LogP contribution is 2.31. The quantitative estimate of drug-likeness (QED) is 0.577. The number of anilines is 2. The second-order valence-corrected chi connectivity index (χ2v) is 5.93. The van der Waals surface area contributed by atoms with E-state index in [1.807, 2.05) is 52.0 Å². The van der Waals surface area contributed by atoms with Crippen LogP contribution in [0.2, 0.25) is 0 Å². The third-order valence-corrected chi connectivity index (χ3v) is 3.84. The van der Waals surface area contributed by atoms with Crippen molar-refractivity contribution < 1.29 is 4.92 Å². The molecule has 0 atom stereocenters. The van der Waals surface area contributed by atoms with Crippen LogP contribution in [0.3, 0.4) is 0 Å². The lowest BCUT2D eigenvalue weighted by atomic mass is 10.1. The van der Waals surface area contributed by atoms with Gasteiger partial charge in [0.1, 0.15) is 6.33 Å². The van der Waals surface area contributed by atoms with E-state index in [4.69, 9.17) is 0 Å². The summed E-state index contributed by atoms with van der Waals surface area (Å²) >= 11 is 0. The summed E-state index contributed by atoms with van der Waals surface area (Å²) in [7, 11) is 0. The normalized spacial score (nSPS) is 10.7. The molecule has 8 nitrogen and oxygen atoms in total. The zero-order valence-corrected chi connectivity index (χ0v) is 14.4. The van der Waals surface area contributed by atoms with E-state index in [0.717, 1.165) is 28.2 Å². The third kappa shape index (κ3) is 3.18. The molecule has 1 N–H and O–H groups in total. The van der Waals surface area contributed by atoms with Crippen LogP contribution >= 0.6 is 0 Å². The number of hydrogen-bond donors (Lipinski definition) is 1. The van der Waals surface area contributed by atoms with Crippen molar-refractivity contribution >= 4 is 17.2 Å². The number of aromatic nitrogens is 4. The predicted octanol–water partition coefficient (Wildman–Crippen LogP) is 3.55. The minimum absolute atomic E-state index is 0.135. The molecule has 0 radical (unpaired) electrons. The molecule has 8 heteroatoms. The average molecular weight is 338 g/mol. The second kappa shape index (κ2) is 6.31. The summed E-state index contributed by atoms with van der Waals surface area (Å²) in [4.78, 5) is 19.4. The zero-order valence-electron chi connectivity index (χ0n) is 14.4. The Morgan fingerprint density at radius 2 is 1.88 bits per heavy atom. The SMILES string of the molecule is Cc1ccc(C)c(Nc2ncnc(-n3nc(C)cc3C)c2[N+](=O)[O-])c1. The van der Waals surface area contributed by atoms with Crippen molar-refractivity contribution in [2.24, 2.45) is 0 Å². The van der Waals surface area contributed by atoms with Crippen LogP contribution in [-0.2, 0) is 0 Å². The van der Waals surface area contributed by atoms with Crippen LogP contribution in [0.5, 0.6) is 0 Å². The number of hydrogen-bond acceptors (Lipinski definition) is 6. The van der Waals surface area contributed by atoms with Gasteiger partial charge in [-0.3, -0.25) is 10.1 Å². The summed E-state index contributed by atoms with van der Waals surface area (Å²) in [6.45, 7) is 7.53. The molecular formula is C17H18N6O2. The molecule has 0 fully saturated rings. The first kappa shape index (κ1) is 16.6. The number of rotatable bonds is 4. The summed E-state index contributed by atoms with van der Waals surface area (Å²) < 4.78 is 1.46. The Hall–Kier alpha value is -3.29. The van der Waals surface area contributed by atoms with Crippen molar-refractivity contribution in [2.75, 3.05) is 5.32 Å². The molecule has 0 amide bonds. The maximum absolute atomic E-state index is 11.7. The molecular weight excluding hydrogens is 320 g/mol. The zero-order chi connectivity index (χ0) is 18.1. The van der Waals surface area contributed by atoms with Gasteiger partial charge in [-0.15, -0.1) is 0 Å². The van der Waals surface area contributed by atoms with E-state index < -0.39 is 4.92 Å². The largest absolute Gasteiger partial charge is 0.355 e. The maximum atomic E-state index is 11.7. The number of nitrogens with zero attached hydrogens (tertiary/aromatic N) is 5. The van der Waals surface area contributed by atoms with Crippen molar-refractivity contribution in [3.8, 4) is 5.82 Å². The number of nitrogens with one attached hydrogen (secondary N) is 1. The Morgan fingerprint density at radius 3 is 2.52 bits per heavy atom. The summed E-state index contributed by atoms with van der Waals surface area (Å²) in [6.07, 6.45) is 1.30. The highest BCUT2D eigenvalue weighted by Gasteiger charge is 2.26. The van der Waals surface area contributed by atoms with Crippen LogP contribution in [0.1, 0.15) is 22.5 Å². The van der Waals surface area contributed by atoms with Gasteiger partial charge < -0.3 is 5.32 Å². The van der Waals surface area contributed by atoms with Crippen LogP contribution in [-0.4, -0.2) is 24.7 Å². The fourth-order valence-corrected chi connectivity index (χ4v) is 2.63. The molecule has 0 unspecified atom stereocenters. The summed E-state index contributed by atoms with van der Waals surface area (Å²) in [5.41, 5.74) is 4.08. The molecule has 0 saturated carbocycles. The smallest absolute Gasteiger partial charge is 0.334 e. The van der Waals surface area contributed by atoms with E-state index in [1.165, 1.54) is 11.0 Å². The first-order chi connectivity index (χ1) is 11.9. The molecule has 2 heterocycles. The van der Waals surface area contributed by atoms with Crippen LogP contribution < -0.4 is 5.32 Å². The van der Waals surface area contributed by atoms with Gasteiger partial charge in [0.15, 0.2) is 0 Å². The van der Waals surface area contributed by atoms with Gasteiger partial charge in [0.05, 0.1) is 10.6 Å². The monoisotopic (exact) mass is 338 g/mol. The number of benzene rings is 1. The Balaban J connectivity index is 2.15. The molecule has 25 heavy (non-hydrogen) atoms. The van der Waals surface area contributed by atoms with Crippen LogP contribution in [0.4, 0.5) is 17.2 Å². The van der Waals surface area contributed by atoms with Crippen molar-refractivity contribution in [1.82, 2.24) is 19.7 Å². The predicted molar refractivity (Wildman–Crippen MR) is 94.5 cm³/mol. The summed E-state index contributed by atoms with van der Waals surface area (Å²) in [5, 5.41) is 19.1. The lowest BCUT2D eigenvalue weighted by Gasteiger charge is -2.11. The molecule has 2 aromatic heterocycles. The van der Waals surface area contributed by atoms with Gasteiger partial charge in [0.25, 0.3) is 0 Å². The van der Waals surface area contributed by atoms with Crippen LogP contribution in [0, 0.1) is 37.8 Å². The molecule has 0 spiro atoms. The van der Waals surface area contributed by atoms with Gasteiger partial charge in [0, 0.05) is 11.4 Å². The van der Waals surface area contributed by atoms with Gasteiger partial charge >= 0.3 is 5.69 Å². The average Bonchev–Trinajstić information content (AvgIpc) is 2.89. The summed E-state index contributed by atoms with van der Waals surface area (Å²) in [6, 6.07) is 7.69.